The van der Waals surface area contributed by atoms with Crippen LogP contribution in [0.4, 0.5) is 50.7 Å². The van der Waals surface area contributed by atoms with Gasteiger partial charge in [-0.05, 0) is 146 Å². The fourth-order valence-corrected chi connectivity index (χ4v) is 16.1. The molecule has 0 fully saturated rings. The average molecular weight is 1910 g/mol. The zero-order valence-electron chi connectivity index (χ0n) is 69.2. The molecular weight excluding hydrogens is 1840 g/mol. The lowest BCUT2D eigenvalue weighted by molar-refractivity contribution is 0.416. The molecular formula is C94H68Cl6N14O15S2. The van der Waals surface area contributed by atoms with Gasteiger partial charge in [0.15, 0.2) is 43.9 Å². The Morgan fingerprint density at radius 2 is 0.802 bits per heavy atom. The van der Waals surface area contributed by atoms with E-state index in [4.69, 9.17) is 103 Å². The van der Waals surface area contributed by atoms with E-state index in [1.165, 1.54) is 33.8 Å². The highest BCUT2D eigenvalue weighted by Gasteiger charge is 2.23. The smallest absolute Gasteiger partial charge is 0.349 e. The highest BCUT2D eigenvalue weighted by molar-refractivity contribution is 7.19. The van der Waals surface area contributed by atoms with Crippen molar-refractivity contribution in [2.75, 3.05) is 55.0 Å². The Balaban J connectivity index is 0.000000125. The number of halogens is 6. The number of para-hydroxylation sites is 13. The Morgan fingerprint density at radius 1 is 0.389 bits per heavy atom. The van der Waals surface area contributed by atoms with E-state index in [1.54, 1.807) is 138 Å². The van der Waals surface area contributed by atoms with Gasteiger partial charge in [-0.1, -0.05) is 207 Å². The Morgan fingerprint density at radius 3 is 1.30 bits per heavy atom. The third kappa shape index (κ3) is 21.1. The molecule has 6 N–H and O–H groups in total. The van der Waals surface area contributed by atoms with Gasteiger partial charge >= 0.3 is 34.1 Å². The molecule has 0 spiro atoms. The first kappa shape index (κ1) is 90.8. The maximum Gasteiger partial charge on any atom is 0.349 e. The number of benzene rings is 10. The number of aromatic nitrogens is 8. The number of rotatable bonds is 18. The normalized spacial score (nSPS) is 11.3. The van der Waals surface area contributed by atoms with Gasteiger partial charge in [0.2, 0.25) is 11.1 Å². The van der Waals surface area contributed by atoms with Gasteiger partial charge in [0, 0.05) is 45.2 Å². The number of nitrogens with one attached hydrogen (secondary N) is 6. The Labute approximate surface area is 780 Å². The van der Waals surface area contributed by atoms with E-state index in [0.717, 1.165) is 54.8 Å². The molecule has 1 aliphatic rings. The fourth-order valence-electron chi connectivity index (χ4n) is 13.4. The number of fused-ring (bicyclic) bond motifs is 5. The second kappa shape index (κ2) is 41.0. The van der Waals surface area contributed by atoms with Gasteiger partial charge in [-0.25, -0.2) is 33.9 Å². The molecule has 0 atom stereocenters. The summed E-state index contributed by atoms with van der Waals surface area (Å²) in [7, 11) is 6.35. The van der Waals surface area contributed by atoms with Gasteiger partial charge < -0.3 is 72.0 Å². The van der Waals surface area contributed by atoms with Gasteiger partial charge in [0.05, 0.1) is 104 Å². The lowest BCUT2D eigenvalue weighted by Crippen LogP contribution is -2.10. The first-order valence-electron chi connectivity index (χ1n) is 39.0. The highest BCUT2D eigenvalue weighted by Crippen LogP contribution is 2.39. The topological polar surface area (TPSA) is 380 Å². The lowest BCUT2D eigenvalue weighted by Gasteiger charge is -2.10. The summed E-state index contributed by atoms with van der Waals surface area (Å²) in [6.45, 7) is 4.10. The van der Waals surface area contributed by atoms with Crippen LogP contribution < -0.4 is 73.7 Å². The van der Waals surface area contributed by atoms with E-state index >= 15 is 0 Å². The summed E-state index contributed by atoms with van der Waals surface area (Å²) in [4.78, 5) is 75.6. The number of methoxy groups -OCH3 is 4. The summed E-state index contributed by atoms with van der Waals surface area (Å²) in [5.74, 6) is 4.04. The summed E-state index contributed by atoms with van der Waals surface area (Å²) in [6.07, 6.45) is 4.15. The molecule has 19 aromatic rings. The molecule has 37 heteroatoms. The quantitative estimate of drug-likeness (QED) is 0.0435. The minimum atomic E-state index is -0.613. The van der Waals surface area contributed by atoms with Crippen LogP contribution in [0.2, 0.25) is 25.1 Å². The molecule has 0 aliphatic carbocycles. The van der Waals surface area contributed by atoms with E-state index in [9.17, 15) is 24.0 Å². The SMILES string of the molecule is COc1ccccc1NC1=NC(c2cc3cccc(Cl)c3oc2=O)=CC1.COc1ccccc1Nc1n[nH]c(-c2cc3cccc(Cl)c3oc2=O)n1.COc1ccccc1Nc1nnc(-c2cc3cccc(Cl)c3oc2=O)o1.COc1ccccc1Nc1nnc(-c2cc3cccc(Cl)c3oc2=O)s1.Cc1cc(C)cc(Nc2ncc(-c3cc4cccc(Cl)c4oc3=O)s2)c1.Cl. The number of anilines is 9. The number of amidine groups is 1. The lowest BCUT2D eigenvalue weighted by atomic mass is 10.1. The summed E-state index contributed by atoms with van der Waals surface area (Å²) in [5.41, 5.74) is 7.75. The van der Waals surface area contributed by atoms with Gasteiger partial charge in [-0.15, -0.1) is 32.8 Å². The number of ether oxygens (including phenoxy) is 4. The Hall–Kier alpha value is -14.9. The first-order valence-corrected chi connectivity index (χ1v) is 42.6. The Kier molecular flexibility index (Phi) is 28.4. The summed E-state index contributed by atoms with van der Waals surface area (Å²) in [6, 6.07) is 71.0. The Bertz CT molecular complexity index is 7430. The predicted octanol–water partition coefficient (Wildman–Crippen LogP) is 24.0. The molecule has 0 amide bonds. The van der Waals surface area contributed by atoms with Gasteiger partial charge in [0.25, 0.3) is 5.89 Å². The average Bonchev–Trinajstić information content (AvgIpc) is 1.78. The number of hydrogen-bond acceptors (Lipinski definition) is 30. The van der Waals surface area contributed by atoms with Crippen molar-refractivity contribution in [2.24, 2.45) is 4.99 Å². The molecule has 29 nitrogen and oxygen atoms in total. The van der Waals surface area contributed by atoms with Crippen molar-refractivity contribution in [3.63, 3.8) is 0 Å². The van der Waals surface area contributed by atoms with Crippen LogP contribution >= 0.6 is 93.1 Å². The number of H-pyrrole nitrogens is 1. The van der Waals surface area contributed by atoms with Gasteiger partial charge in [0.1, 0.15) is 40.0 Å². The van der Waals surface area contributed by atoms with Crippen LogP contribution in [-0.2, 0) is 0 Å². The zero-order valence-corrected chi connectivity index (χ0v) is 75.4. The van der Waals surface area contributed by atoms with E-state index in [-0.39, 0.29) is 41.3 Å². The molecule has 131 heavy (non-hydrogen) atoms. The van der Waals surface area contributed by atoms with Crippen LogP contribution in [0, 0.1) is 13.8 Å². The molecule has 0 radical (unpaired) electrons. The minimum Gasteiger partial charge on any atom is -0.495 e. The van der Waals surface area contributed by atoms with E-state index in [1.807, 2.05) is 121 Å². The van der Waals surface area contributed by atoms with Crippen LogP contribution in [0.1, 0.15) is 23.1 Å². The molecule has 0 unspecified atom stereocenters. The second-order valence-corrected chi connectivity index (χ2v) is 32.1. The van der Waals surface area contributed by atoms with Crippen LogP contribution in [0.25, 0.3) is 104 Å². The van der Waals surface area contributed by atoms with E-state index in [2.05, 4.69) is 104 Å². The molecule has 0 saturated carbocycles. The van der Waals surface area contributed by atoms with Crippen molar-refractivity contribution in [3.05, 3.63) is 343 Å². The second-order valence-electron chi connectivity index (χ2n) is 28.0. The van der Waals surface area contributed by atoms with Crippen molar-refractivity contribution in [1.82, 2.24) is 40.6 Å². The largest absolute Gasteiger partial charge is 0.495 e. The van der Waals surface area contributed by atoms with E-state index < -0.39 is 28.1 Å². The third-order valence-electron chi connectivity index (χ3n) is 19.3. The molecule has 1 aliphatic heterocycles. The third-order valence-corrected chi connectivity index (χ3v) is 22.6. The number of aliphatic imine (C=N–C) groups is 1. The molecule has 9 aromatic heterocycles. The summed E-state index contributed by atoms with van der Waals surface area (Å²) in [5, 5.41) is 45.8. The standard InChI is InChI=1S/C20H15ClN2O3.C20H15ClN2O2S.C18H13ClN4O3.C18H12ClN3O4.C18H12ClN3O3S.ClH/c1-25-17-8-3-2-7-16(17)23-18-10-9-15(22-18)13-11-12-5-4-6-14(21)19(12)26-20(13)24;1-11-6-12(2)8-14(7-11)23-20-22-10-17(26-20)15-9-13-4-3-5-16(21)18(13)25-19(15)24;1-25-14-8-3-2-7-13(14)20-18-21-16(22-23-18)11-9-10-5-4-6-12(19)15(10)26-17(11)24;2*1-24-14-8-3-2-7-13(14)20-18-22-21-16(26-18)11-9-10-5-4-6-12(19)15(10)25-17(11)23;/h2-9,11H,10H2,1H3,(H,22,23);3-10H,1-2H3,(H,22,23);2-9H,1H3,(H2,20,21,22,23);2*2-9H,1H3,(H,20,22);1H. The number of aryl methyl sites for hydroxylation is 2. The molecule has 10 aromatic carbocycles. The number of nitrogens with zero attached hydrogens (tertiary/aromatic N) is 8. The number of aromatic amines is 1. The number of hydrogen-bond donors (Lipinski definition) is 6. The van der Waals surface area contributed by atoms with Crippen molar-refractivity contribution in [1.29, 1.82) is 0 Å². The van der Waals surface area contributed by atoms with Crippen LogP contribution in [0.15, 0.2) is 304 Å². The molecule has 10 heterocycles. The summed E-state index contributed by atoms with van der Waals surface area (Å²) < 4.78 is 53.5. The van der Waals surface area contributed by atoms with Gasteiger partial charge in [-0.3, -0.25) is 5.10 Å². The summed E-state index contributed by atoms with van der Waals surface area (Å²) >= 11 is 33.0. The zero-order chi connectivity index (χ0) is 90.6. The first-order chi connectivity index (χ1) is 63.1. The van der Waals surface area contributed by atoms with Crippen LogP contribution in [-0.4, -0.2) is 74.8 Å². The number of thiazole rings is 1. The van der Waals surface area contributed by atoms with Crippen molar-refractivity contribution < 1.29 is 45.5 Å². The van der Waals surface area contributed by atoms with Crippen molar-refractivity contribution in [2.45, 2.75) is 20.3 Å². The van der Waals surface area contributed by atoms with E-state index in [0.29, 0.717) is 137 Å². The van der Waals surface area contributed by atoms with Crippen molar-refractivity contribution in [3.8, 4) is 66.9 Å². The highest BCUT2D eigenvalue weighted by atomic mass is 35.5. The molecule has 20 rings (SSSR count). The van der Waals surface area contributed by atoms with Gasteiger partial charge in [-0.2, -0.15) is 4.98 Å². The van der Waals surface area contributed by atoms with Crippen molar-refractivity contribution >= 4 is 210 Å². The van der Waals surface area contributed by atoms with Crippen LogP contribution in [0.3, 0.4) is 0 Å². The molecule has 0 saturated heterocycles. The van der Waals surface area contributed by atoms with Crippen LogP contribution in [0.5, 0.6) is 23.0 Å². The maximum atomic E-state index is 12.4. The fraction of sp³-hybridized carbons (Fsp3) is 0.0745. The minimum absolute atomic E-state index is 0. The molecule has 658 valence electrons. The predicted molar refractivity (Wildman–Crippen MR) is 518 cm³/mol. The maximum absolute atomic E-state index is 12.4. The monoisotopic (exact) mass is 1910 g/mol. The molecule has 0 bridgehead atoms.